The summed E-state index contributed by atoms with van der Waals surface area (Å²) >= 11 is 6.06. The predicted octanol–water partition coefficient (Wildman–Crippen LogP) is 4.05. The highest BCUT2D eigenvalue weighted by Crippen LogP contribution is 2.29. The Morgan fingerprint density at radius 1 is 1.25 bits per heavy atom. The molecule has 2 aromatic rings. The van der Waals surface area contributed by atoms with Gasteiger partial charge >= 0.3 is 0 Å². The molecule has 0 atom stereocenters. The van der Waals surface area contributed by atoms with Gasteiger partial charge in [-0.3, -0.25) is 4.79 Å². The third-order valence-corrected chi connectivity index (χ3v) is 3.23. The lowest BCUT2D eigenvalue weighted by atomic mass is 10.1. The van der Waals surface area contributed by atoms with Crippen LogP contribution in [0.4, 0.5) is 0 Å². The first-order valence-corrected chi connectivity index (χ1v) is 6.53. The molecule has 0 aliphatic carbocycles. The van der Waals surface area contributed by atoms with Crippen LogP contribution < -0.4 is 9.47 Å². The van der Waals surface area contributed by atoms with Crippen molar-refractivity contribution in [2.45, 2.75) is 13.5 Å². The summed E-state index contributed by atoms with van der Waals surface area (Å²) in [5, 5.41) is 0.418. The Balaban J connectivity index is 2.25. The Labute approximate surface area is 123 Å². The molecule has 0 bridgehead atoms. The molecule has 0 N–H and O–H groups in total. The third kappa shape index (κ3) is 3.11. The van der Waals surface area contributed by atoms with Gasteiger partial charge in [0.25, 0.3) is 0 Å². The fraction of sp³-hybridized carbons (Fsp3) is 0.188. The lowest BCUT2D eigenvalue weighted by molar-refractivity contribution is 0.111. The van der Waals surface area contributed by atoms with Crippen molar-refractivity contribution in [2.75, 3.05) is 7.11 Å². The number of para-hydroxylation sites is 1. The molecule has 0 aromatic heterocycles. The van der Waals surface area contributed by atoms with E-state index in [4.69, 9.17) is 21.1 Å². The molecule has 2 aromatic carbocycles. The van der Waals surface area contributed by atoms with Crippen LogP contribution in [0.2, 0.25) is 5.02 Å². The zero-order chi connectivity index (χ0) is 14.5. The number of rotatable bonds is 5. The van der Waals surface area contributed by atoms with Crippen molar-refractivity contribution >= 4 is 17.9 Å². The van der Waals surface area contributed by atoms with E-state index in [1.807, 2.05) is 25.1 Å². The summed E-state index contributed by atoms with van der Waals surface area (Å²) in [5.74, 6) is 1.14. The van der Waals surface area contributed by atoms with E-state index in [2.05, 4.69) is 0 Å². The predicted molar refractivity (Wildman–Crippen MR) is 78.9 cm³/mol. The zero-order valence-corrected chi connectivity index (χ0v) is 12.1. The third-order valence-electron chi connectivity index (χ3n) is 2.93. The van der Waals surface area contributed by atoms with E-state index >= 15 is 0 Å². The highest BCUT2D eigenvalue weighted by Gasteiger charge is 2.10. The number of hydrogen-bond acceptors (Lipinski definition) is 3. The molecule has 0 unspecified atom stereocenters. The molecule has 0 amide bonds. The number of benzene rings is 2. The van der Waals surface area contributed by atoms with Crippen LogP contribution in [-0.4, -0.2) is 13.4 Å². The standard InChI is InChI=1S/C16H15ClO3/c1-11-6-7-15(19-2)13(8-11)10-20-16-12(9-18)4-3-5-14(16)17/h3-9H,10H2,1-2H3. The van der Waals surface area contributed by atoms with Crippen LogP contribution in [0.1, 0.15) is 21.5 Å². The van der Waals surface area contributed by atoms with Crippen LogP contribution in [0, 0.1) is 6.92 Å². The molecule has 2 rings (SSSR count). The minimum atomic E-state index is 0.287. The molecule has 0 heterocycles. The maximum Gasteiger partial charge on any atom is 0.153 e. The molecule has 20 heavy (non-hydrogen) atoms. The SMILES string of the molecule is COc1ccc(C)cc1COc1c(Cl)cccc1C=O. The van der Waals surface area contributed by atoms with Crippen molar-refractivity contribution in [1.82, 2.24) is 0 Å². The summed E-state index contributed by atoms with van der Waals surface area (Å²) in [4.78, 5) is 11.0. The Kier molecular flexibility index (Phi) is 4.64. The van der Waals surface area contributed by atoms with E-state index in [1.54, 1.807) is 25.3 Å². The molecule has 104 valence electrons. The van der Waals surface area contributed by atoms with Crippen LogP contribution in [0.5, 0.6) is 11.5 Å². The normalized spacial score (nSPS) is 10.2. The number of methoxy groups -OCH3 is 1. The summed E-state index contributed by atoms with van der Waals surface area (Å²) in [6.07, 6.45) is 0.731. The van der Waals surface area contributed by atoms with Crippen molar-refractivity contribution in [3.05, 3.63) is 58.1 Å². The van der Waals surface area contributed by atoms with Crippen molar-refractivity contribution in [3.63, 3.8) is 0 Å². The fourth-order valence-electron chi connectivity index (χ4n) is 1.94. The van der Waals surface area contributed by atoms with Gasteiger partial charge in [-0.05, 0) is 31.2 Å². The molecule has 0 saturated carbocycles. The Hall–Kier alpha value is -2.00. The van der Waals surface area contributed by atoms with E-state index in [0.29, 0.717) is 16.3 Å². The minimum absolute atomic E-state index is 0.287. The molecular formula is C16H15ClO3. The molecule has 0 saturated heterocycles. The van der Waals surface area contributed by atoms with Gasteiger partial charge in [0.05, 0.1) is 17.7 Å². The van der Waals surface area contributed by atoms with Gasteiger partial charge in [-0.15, -0.1) is 0 Å². The first kappa shape index (κ1) is 14.4. The number of hydrogen-bond donors (Lipinski definition) is 0. The quantitative estimate of drug-likeness (QED) is 0.779. The van der Waals surface area contributed by atoms with Crippen LogP contribution >= 0.6 is 11.6 Å². The number of halogens is 1. The summed E-state index contributed by atoms with van der Waals surface area (Å²) in [7, 11) is 1.61. The lowest BCUT2D eigenvalue weighted by Gasteiger charge is -2.13. The van der Waals surface area contributed by atoms with Crippen LogP contribution in [0.25, 0.3) is 0 Å². The molecular weight excluding hydrogens is 276 g/mol. The second kappa shape index (κ2) is 6.44. The maximum absolute atomic E-state index is 11.0. The molecule has 3 nitrogen and oxygen atoms in total. The first-order chi connectivity index (χ1) is 9.65. The van der Waals surface area contributed by atoms with Crippen LogP contribution in [0.15, 0.2) is 36.4 Å². The van der Waals surface area contributed by atoms with Gasteiger partial charge in [-0.25, -0.2) is 0 Å². The molecule has 0 spiro atoms. The highest BCUT2D eigenvalue weighted by molar-refractivity contribution is 6.32. The van der Waals surface area contributed by atoms with Gasteiger partial charge < -0.3 is 9.47 Å². The average molecular weight is 291 g/mol. The van der Waals surface area contributed by atoms with Crippen LogP contribution in [-0.2, 0) is 6.61 Å². The molecule has 0 fully saturated rings. The first-order valence-electron chi connectivity index (χ1n) is 6.15. The van der Waals surface area contributed by atoms with E-state index in [9.17, 15) is 4.79 Å². The van der Waals surface area contributed by atoms with E-state index < -0.39 is 0 Å². The second-order valence-electron chi connectivity index (χ2n) is 4.38. The Morgan fingerprint density at radius 2 is 2.05 bits per heavy atom. The molecule has 0 aliphatic rings. The number of aryl methyl sites for hydroxylation is 1. The molecule has 4 heteroatoms. The van der Waals surface area contributed by atoms with E-state index in [0.717, 1.165) is 23.2 Å². The van der Waals surface area contributed by atoms with Gasteiger partial charge in [0, 0.05) is 5.56 Å². The summed E-state index contributed by atoms with van der Waals surface area (Å²) in [6.45, 7) is 2.28. The van der Waals surface area contributed by atoms with E-state index in [1.165, 1.54) is 0 Å². The number of carbonyl (C=O) groups excluding carboxylic acids is 1. The second-order valence-corrected chi connectivity index (χ2v) is 4.79. The Morgan fingerprint density at radius 3 is 2.75 bits per heavy atom. The van der Waals surface area contributed by atoms with Crippen molar-refractivity contribution < 1.29 is 14.3 Å². The monoisotopic (exact) mass is 290 g/mol. The molecule has 0 radical (unpaired) electrons. The number of ether oxygens (including phenoxy) is 2. The topological polar surface area (TPSA) is 35.5 Å². The van der Waals surface area contributed by atoms with Gasteiger partial charge in [0.15, 0.2) is 6.29 Å². The van der Waals surface area contributed by atoms with Crippen molar-refractivity contribution in [1.29, 1.82) is 0 Å². The average Bonchev–Trinajstić information content (AvgIpc) is 2.46. The van der Waals surface area contributed by atoms with Gasteiger partial charge in [-0.2, -0.15) is 0 Å². The minimum Gasteiger partial charge on any atom is -0.496 e. The van der Waals surface area contributed by atoms with Crippen molar-refractivity contribution in [3.8, 4) is 11.5 Å². The largest absolute Gasteiger partial charge is 0.496 e. The van der Waals surface area contributed by atoms with Gasteiger partial charge in [0.2, 0.25) is 0 Å². The fourth-order valence-corrected chi connectivity index (χ4v) is 2.18. The maximum atomic E-state index is 11.0. The summed E-state index contributed by atoms with van der Waals surface area (Å²) in [5.41, 5.74) is 2.45. The highest BCUT2D eigenvalue weighted by atomic mass is 35.5. The summed E-state index contributed by atoms with van der Waals surface area (Å²) < 4.78 is 11.0. The van der Waals surface area contributed by atoms with Gasteiger partial charge in [-0.1, -0.05) is 29.3 Å². The lowest BCUT2D eigenvalue weighted by Crippen LogP contribution is -2.01. The Bertz CT molecular complexity index is 623. The molecule has 0 aliphatic heterocycles. The van der Waals surface area contributed by atoms with Crippen molar-refractivity contribution in [2.24, 2.45) is 0 Å². The van der Waals surface area contributed by atoms with Crippen LogP contribution in [0.3, 0.4) is 0 Å². The van der Waals surface area contributed by atoms with Gasteiger partial charge in [0.1, 0.15) is 18.1 Å². The number of aldehydes is 1. The smallest absolute Gasteiger partial charge is 0.153 e. The van der Waals surface area contributed by atoms with E-state index in [-0.39, 0.29) is 6.61 Å². The number of carbonyl (C=O) groups is 1. The zero-order valence-electron chi connectivity index (χ0n) is 11.4. The summed E-state index contributed by atoms with van der Waals surface area (Å²) in [6, 6.07) is 10.9.